The Morgan fingerprint density at radius 1 is 1.15 bits per heavy atom. The molecular weight excluding hydrogens is 346 g/mol. The molecule has 1 saturated heterocycles. The van der Waals surface area contributed by atoms with Gasteiger partial charge in [0.25, 0.3) is 0 Å². The van der Waals surface area contributed by atoms with E-state index in [4.69, 9.17) is 14.2 Å². The molecule has 0 bridgehead atoms. The SMILES string of the molecule is CCOC(=O)[C@@H]1CN(C(=O)OC(C)(C)C)CC(C)[C@H]1c1ccc(OC)cc1. The van der Waals surface area contributed by atoms with Crippen LogP contribution in [0.1, 0.15) is 46.1 Å². The lowest BCUT2D eigenvalue weighted by atomic mass is 9.74. The van der Waals surface area contributed by atoms with Crippen molar-refractivity contribution in [3.63, 3.8) is 0 Å². The topological polar surface area (TPSA) is 65.1 Å². The Kier molecular flexibility index (Phi) is 6.73. The van der Waals surface area contributed by atoms with Crippen LogP contribution >= 0.6 is 0 Å². The number of ether oxygens (including phenoxy) is 3. The first-order chi connectivity index (χ1) is 12.7. The van der Waals surface area contributed by atoms with Gasteiger partial charge in [-0.25, -0.2) is 4.79 Å². The highest BCUT2D eigenvalue weighted by Crippen LogP contribution is 2.39. The Morgan fingerprint density at radius 2 is 1.78 bits per heavy atom. The van der Waals surface area contributed by atoms with E-state index in [1.807, 2.05) is 45.0 Å². The maximum Gasteiger partial charge on any atom is 0.410 e. The van der Waals surface area contributed by atoms with E-state index in [2.05, 4.69) is 6.92 Å². The lowest BCUT2D eigenvalue weighted by Crippen LogP contribution is -2.51. The van der Waals surface area contributed by atoms with Gasteiger partial charge in [-0.05, 0) is 51.3 Å². The summed E-state index contributed by atoms with van der Waals surface area (Å²) >= 11 is 0. The fraction of sp³-hybridized carbons (Fsp3) is 0.619. The summed E-state index contributed by atoms with van der Waals surface area (Å²) in [5.41, 5.74) is 0.470. The molecule has 0 spiro atoms. The number of hydrogen-bond acceptors (Lipinski definition) is 5. The largest absolute Gasteiger partial charge is 0.497 e. The molecule has 0 aliphatic carbocycles. The van der Waals surface area contributed by atoms with Gasteiger partial charge >= 0.3 is 12.1 Å². The van der Waals surface area contributed by atoms with Crippen LogP contribution < -0.4 is 4.74 Å². The van der Waals surface area contributed by atoms with E-state index in [9.17, 15) is 9.59 Å². The molecule has 0 aromatic heterocycles. The average molecular weight is 377 g/mol. The Hall–Kier alpha value is -2.24. The van der Waals surface area contributed by atoms with Gasteiger partial charge in [-0.2, -0.15) is 0 Å². The first kappa shape index (κ1) is 21.1. The molecule has 1 aliphatic rings. The summed E-state index contributed by atoms with van der Waals surface area (Å²) in [6.07, 6.45) is -0.392. The van der Waals surface area contributed by atoms with Gasteiger partial charge in [0, 0.05) is 19.0 Å². The summed E-state index contributed by atoms with van der Waals surface area (Å²) in [5.74, 6) is 0.0982. The van der Waals surface area contributed by atoms with Crippen LogP contribution in [0.25, 0.3) is 0 Å². The van der Waals surface area contributed by atoms with Crippen LogP contribution in [0, 0.1) is 11.8 Å². The number of methoxy groups -OCH3 is 1. The third-order valence-corrected chi connectivity index (χ3v) is 4.71. The number of likely N-dealkylation sites (tertiary alicyclic amines) is 1. The first-order valence-electron chi connectivity index (χ1n) is 9.44. The van der Waals surface area contributed by atoms with Crippen LogP contribution in [0.3, 0.4) is 0 Å². The van der Waals surface area contributed by atoms with E-state index in [-0.39, 0.29) is 24.3 Å². The van der Waals surface area contributed by atoms with Crippen molar-refractivity contribution in [2.45, 2.75) is 46.1 Å². The molecule has 3 atom stereocenters. The molecule has 27 heavy (non-hydrogen) atoms. The molecule has 0 radical (unpaired) electrons. The summed E-state index contributed by atoms with van der Waals surface area (Å²) in [7, 11) is 1.62. The Labute approximate surface area is 161 Å². The molecule has 6 heteroatoms. The highest BCUT2D eigenvalue weighted by atomic mass is 16.6. The van der Waals surface area contributed by atoms with E-state index in [0.29, 0.717) is 13.2 Å². The number of carbonyl (C=O) groups excluding carboxylic acids is 2. The summed E-state index contributed by atoms with van der Waals surface area (Å²) in [6.45, 7) is 10.5. The fourth-order valence-corrected chi connectivity index (χ4v) is 3.62. The zero-order chi connectivity index (χ0) is 20.2. The van der Waals surface area contributed by atoms with E-state index in [1.165, 1.54) is 0 Å². The molecule has 1 amide bonds. The van der Waals surface area contributed by atoms with Crippen molar-refractivity contribution in [3.8, 4) is 5.75 Å². The molecule has 2 rings (SSSR count). The third-order valence-electron chi connectivity index (χ3n) is 4.71. The predicted molar refractivity (Wildman–Crippen MR) is 103 cm³/mol. The van der Waals surface area contributed by atoms with Gasteiger partial charge in [0.2, 0.25) is 0 Å². The van der Waals surface area contributed by atoms with Crippen LogP contribution in [-0.2, 0) is 14.3 Å². The van der Waals surface area contributed by atoms with Crippen molar-refractivity contribution in [2.75, 3.05) is 26.8 Å². The summed E-state index contributed by atoms with van der Waals surface area (Å²) in [5, 5.41) is 0. The first-order valence-corrected chi connectivity index (χ1v) is 9.44. The minimum Gasteiger partial charge on any atom is -0.497 e. The van der Waals surface area contributed by atoms with E-state index >= 15 is 0 Å². The van der Waals surface area contributed by atoms with Gasteiger partial charge in [-0.15, -0.1) is 0 Å². The van der Waals surface area contributed by atoms with Crippen LogP contribution in [0.4, 0.5) is 4.79 Å². The summed E-state index contributed by atoms with van der Waals surface area (Å²) in [6, 6.07) is 7.75. The smallest absolute Gasteiger partial charge is 0.410 e. The molecule has 150 valence electrons. The molecule has 6 nitrogen and oxygen atoms in total. The van der Waals surface area contributed by atoms with Crippen LogP contribution in [0.15, 0.2) is 24.3 Å². The van der Waals surface area contributed by atoms with Crippen molar-refractivity contribution >= 4 is 12.1 Å². The standard InChI is InChI=1S/C21H31NO5/c1-7-26-19(23)17-13-22(20(24)27-21(3,4)5)12-14(2)18(17)15-8-10-16(25-6)11-9-15/h8-11,14,17-18H,7,12-13H2,1-6H3/t14?,17-,18+/m1/s1. The highest BCUT2D eigenvalue weighted by molar-refractivity contribution is 5.76. The molecule has 1 aliphatic heterocycles. The van der Waals surface area contributed by atoms with E-state index < -0.39 is 17.6 Å². The molecule has 1 heterocycles. The number of benzene rings is 1. The monoisotopic (exact) mass is 377 g/mol. The number of piperidine rings is 1. The molecule has 1 fully saturated rings. The number of rotatable bonds is 4. The van der Waals surface area contributed by atoms with Gasteiger partial charge in [0.05, 0.1) is 19.6 Å². The summed E-state index contributed by atoms with van der Waals surface area (Å²) in [4.78, 5) is 26.8. The number of hydrogen-bond donors (Lipinski definition) is 0. The maximum atomic E-state index is 12.7. The van der Waals surface area contributed by atoms with Crippen LogP contribution in [-0.4, -0.2) is 49.4 Å². The Balaban J connectivity index is 2.28. The molecule has 0 N–H and O–H groups in total. The zero-order valence-corrected chi connectivity index (χ0v) is 17.2. The highest BCUT2D eigenvalue weighted by Gasteiger charge is 2.42. The van der Waals surface area contributed by atoms with Crippen molar-refractivity contribution < 1.29 is 23.8 Å². The minimum absolute atomic E-state index is 0.0337. The number of amides is 1. The quantitative estimate of drug-likeness (QED) is 0.746. The maximum absolute atomic E-state index is 12.7. The van der Waals surface area contributed by atoms with Crippen molar-refractivity contribution in [2.24, 2.45) is 11.8 Å². The van der Waals surface area contributed by atoms with Gasteiger partial charge < -0.3 is 19.1 Å². The Bertz CT molecular complexity index is 650. The van der Waals surface area contributed by atoms with E-state index in [0.717, 1.165) is 11.3 Å². The summed E-state index contributed by atoms with van der Waals surface area (Å²) < 4.78 is 16.0. The van der Waals surface area contributed by atoms with Crippen LogP contribution in [0.5, 0.6) is 5.75 Å². The van der Waals surface area contributed by atoms with Gasteiger partial charge in [0.15, 0.2) is 0 Å². The fourth-order valence-electron chi connectivity index (χ4n) is 3.62. The number of nitrogens with zero attached hydrogens (tertiary/aromatic N) is 1. The molecule has 1 aromatic rings. The molecular formula is C21H31NO5. The zero-order valence-electron chi connectivity index (χ0n) is 17.2. The van der Waals surface area contributed by atoms with E-state index in [1.54, 1.807) is 18.9 Å². The predicted octanol–water partition coefficient (Wildman–Crippen LogP) is 3.84. The van der Waals surface area contributed by atoms with Gasteiger partial charge in [-0.3, -0.25) is 4.79 Å². The van der Waals surface area contributed by atoms with Gasteiger partial charge in [0.1, 0.15) is 11.4 Å². The Morgan fingerprint density at radius 3 is 2.30 bits per heavy atom. The molecule has 0 saturated carbocycles. The second-order valence-electron chi connectivity index (χ2n) is 8.02. The van der Waals surface area contributed by atoms with Crippen molar-refractivity contribution in [1.29, 1.82) is 0 Å². The third kappa shape index (κ3) is 5.37. The molecule has 1 aromatic carbocycles. The second kappa shape index (κ2) is 8.63. The number of carbonyl (C=O) groups is 2. The van der Waals surface area contributed by atoms with Crippen molar-refractivity contribution in [3.05, 3.63) is 29.8 Å². The normalized spacial score (nSPS) is 22.9. The average Bonchev–Trinajstić information content (AvgIpc) is 2.60. The second-order valence-corrected chi connectivity index (χ2v) is 8.02. The molecule has 1 unspecified atom stereocenters. The van der Waals surface area contributed by atoms with Gasteiger partial charge in [-0.1, -0.05) is 19.1 Å². The van der Waals surface area contributed by atoms with Crippen LogP contribution in [0.2, 0.25) is 0 Å². The minimum atomic E-state index is -0.577. The number of esters is 1. The van der Waals surface area contributed by atoms with Crippen molar-refractivity contribution in [1.82, 2.24) is 4.90 Å². The lowest BCUT2D eigenvalue weighted by molar-refractivity contribution is -0.151. The lowest BCUT2D eigenvalue weighted by Gasteiger charge is -2.42.